The van der Waals surface area contributed by atoms with Gasteiger partial charge in [0.25, 0.3) is 5.69 Å². The smallest absolute Gasteiger partial charge is 0.270 e. The maximum atomic E-state index is 10.8. The lowest BCUT2D eigenvalue weighted by molar-refractivity contribution is -0.385. The second-order valence-electron chi connectivity index (χ2n) is 4.00. The van der Waals surface area contributed by atoms with E-state index in [9.17, 15) is 25.1 Å². The zero-order chi connectivity index (χ0) is 15.3. The number of aliphatic hydroxyl groups excluding tert-OH is 2. The number of nitro groups is 1. The molecule has 0 aliphatic carbocycles. The molecule has 0 bridgehead atoms. The Labute approximate surface area is 119 Å². The molecule has 8 heteroatoms. The summed E-state index contributed by atoms with van der Waals surface area (Å²) in [5.74, 6) is 0.220. The fraction of sp³-hybridized carbons (Fsp3) is 0.417. The fourth-order valence-electron chi connectivity index (χ4n) is 1.57. The molecule has 2 atom stereocenters. The van der Waals surface area contributed by atoms with Gasteiger partial charge >= 0.3 is 0 Å². The molecule has 110 valence electrons. The minimum absolute atomic E-state index is 0.0116. The molecule has 0 spiro atoms. The van der Waals surface area contributed by atoms with E-state index in [2.05, 4.69) is 0 Å². The topological polar surface area (TPSA) is 110 Å². The summed E-state index contributed by atoms with van der Waals surface area (Å²) in [7, 11) is 1.36. The summed E-state index contributed by atoms with van der Waals surface area (Å²) >= 11 is 0.863. The first-order chi connectivity index (χ1) is 9.36. The van der Waals surface area contributed by atoms with Gasteiger partial charge in [-0.2, -0.15) is 0 Å². The van der Waals surface area contributed by atoms with E-state index in [1.165, 1.54) is 26.2 Å². The van der Waals surface area contributed by atoms with Gasteiger partial charge in [-0.1, -0.05) is 11.8 Å². The number of non-ortho nitro benzene ring substituents is 1. The number of nitro benzene ring substituents is 1. The van der Waals surface area contributed by atoms with Crippen molar-refractivity contribution in [1.82, 2.24) is 0 Å². The van der Waals surface area contributed by atoms with Crippen LogP contribution in [-0.4, -0.2) is 39.2 Å². The van der Waals surface area contributed by atoms with Crippen molar-refractivity contribution >= 4 is 22.6 Å². The largest absolute Gasteiger partial charge is 0.496 e. The predicted octanol–water partition coefficient (Wildman–Crippen LogP) is 1.28. The summed E-state index contributed by atoms with van der Waals surface area (Å²) in [4.78, 5) is 21.0. The van der Waals surface area contributed by atoms with Gasteiger partial charge < -0.3 is 14.9 Å². The maximum Gasteiger partial charge on any atom is 0.270 e. The van der Waals surface area contributed by atoms with E-state index in [-0.39, 0.29) is 27.9 Å². The molecule has 0 saturated heterocycles. The Hall–Kier alpha value is -1.64. The molecule has 1 aromatic rings. The molecule has 0 amide bonds. The number of nitrogens with zero attached hydrogens (tertiary/aromatic N) is 1. The highest BCUT2D eigenvalue weighted by Gasteiger charge is 2.24. The van der Waals surface area contributed by atoms with Gasteiger partial charge in [-0.05, 0) is 6.07 Å². The van der Waals surface area contributed by atoms with Gasteiger partial charge in [0.15, 0.2) is 5.12 Å². The van der Waals surface area contributed by atoms with Crippen molar-refractivity contribution in [3.63, 3.8) is 0 Å². The summed E-state index contributed by atoms with van der Waals surface area (Å²) in [5, 5.41) is 30.4. The number of methoxy groups -OCH3 is 1. The van der Waals surface area contributed by atoms with Crippen molar-refractivity contribution in [2.45, 2.75) is 19.1 Å². The normalized spacial score (nSPS) is 13.6. The summed E-state index contributed by atoms with van der Waals surface area (Å²) in [6.45, 7) is 1.34. The monoisotopic (exact) mass is 301 g/mol. The molecule has 20 heavy (non-hydrogen) atoms. The van der Waals surface area contributed by atoms with Crippen LogP contribution in [-0.2, 0) is 4.79 Å². The van der Waals surface area contributed by atoms with Gasteiger partial charge in [0.05, 0.1) is 18.1 Å². The highest BCUT2D eigenvalue weighted by Crippen LogP contribution is 2.31. The minimum atomic E-state index is -1.38. The van der Waals surface area contributed by atoms with Crippen LogP contribution in [0.5, 0.6) is 5.75 Å². The molecule has 0 aromatic heterocycles. The third-order valence-electron chi connectivity index (χ3n) is 2.56. The fourth-order valence-corrected chi connectivity index (χ4v) is 2.16. The van der Waals surface area contributed by atoms with E-state index < -0.39 is 17.1 Å². The number of hydrogen-bond acceptors (Lipinski definition) is 7. The number of ether oxygens (including phenoxy) is 1. The van der Waals surface area contributed by atoms with Crippen LogP contribution >= 0.6 is 11.8 Å². The van der Waals surface area contributed by atoms with Gasteiger partial charge in [-0.25, -0.2) is 0 Å². The van der Waals surface area contributed by atoms with Crippen molar-refractivity contribution in [1.29, 1.82) is 0 Å². The Morgan fingerprint density at radius 1 is 1.50 bits per heavy atom. The van der Waals surface area contributed by atoms with E-state index >= 15 is 0 Å². The number of benzene rings is 1. The lowest BCUT2D eigenvalue weighted by Crippen LogP contribution is -2.22. The third kappa shape index (κ3) is 4.19. The molecular weight excluding hydrogens is 286 g/mol. The molecule has 0 radical (unpaired) electrons. The van der Waals surface area contributed by atoms with Gasteiger partial charge in [0.1, 0.15) is 11.9 Å². The third-order valence-corrected chi connectivity index (χ3v) is 3.48. The van der Waals surface area contributed by atoms with Crippen LogP contribution in [0.15, 0.2) is 18.2 Å². The van der Waals surface area contributed by atoms with Crippen LogP contribution < -0.4 is 4.74 Å². The van der Waals surface area contributed by atoms with Crippen molar-refractivity contribution < 1.29 is 24.7 Å². The Bertz CT molecular complexity index is 507. The van der Waals surface area contributed by atoms with Gasteiger partial charge in [-0.3, -0.25) is 14.9 Å². The van der Waals surface area contributed by atoms with E-state index in [0.29, 0.717) is 0 Å². The van der Waals surface area contributed by atoms with E-state index in [0.717, 1.165) is 17.8 Å². The average Bonchev–Trinajstić information content (AvgIpc) is 2.42. The first-order valence-corrected chi connectivity index (χ1v) is 6.67. The van der Waals surface area contributed by atoms with E-state index in [4.69, 9.17) is 4.74 Å². The van der Waals surface area contributed by atoms with Crippen molar-refractivity contribution in [2.24, 2.45) is 0 Å². The van der Waals surface area contributed by atoms with Gasteiger partial charge in [0, 0.05) is 30.4 Å². The van der Waals surface area contributed by atoms with Crippen LogP contribution in [0, 0.1) is 10.1 Å². The Kier molecular flexibility index (Phi) is 5.93. The minimum Gasteiger partial charge on any atom is -0.496 e. The first-order valence-electron chi connectivity index (χ1n) is 5.68. The molecule has 0 aliphatic rings. The van der Waals surface area contributed by atoms with E-state index in [1.54, 1.807) is 0 Å². The zero-order valence-corrected chi connectivity index (χ0v) is 11.8. The van der Waals surface area contributed by atoms with Crippen LogP contribution in [0.4, 0.5) is 5.69 Å². The van der Waals surface area contributed by atoms with Crippen molar-refractivity contribution in [2.75, 3.05) is 12.9 Å². The lowest BCUT2D eigenvalue weighted by Gasteiger charge is -2.19. The molecule has 2 N–H and O–H groups in total. The Morgan fingerprint density at radius 2 is 2.15 bits per heavy atom. The first kappa shape index (κ1) is 16.4. The molecule has 1 rings (SSSR count). The Balaban J connectivity index is 2.99. The van der Waals surface area contributed by atoms with Crippen LogP contribution in [0.2, 0.25) is 0 Å². The number of thioether (sulfide) groups is 1. The van der Waals surface area contributed by atoms with Gasteiger partial charge in [-0.15, -0.1) is 0 Å². The maximum absolute atomic E-state index is 10.8. The SMILES string of the molecule is COc1ccc([N+](=O)[O-])cc1C(O)C(O)CSC(C)=O. The number of hydrogen-bond donors (Lipinski definition) is 2. The summed E-state index contributed by atoms with van der Waals surface area (Å²) in [6, 6.07) is 3.73. The molecule has 0 saturated carbocycles. The number of rotatable bonds is 6. The number of carbonyl (C=O) groups is 1. The quantitative estimate of drug-likeness (QED) is 0.601. The molecule has 2 unspecified atom stereocenters. The molecule has 1 aromatic carbocycles. The van der Waals surface area contributed by atoms with Crippen molar-refractivity contribution in [3.05, 3.63) is 33.9 Å². The van der Waals surface area contributed by atoms with Crippen molar-refractivity contribution in [3.8, 4) is 5.75 Å². The predicted molar refractivity (Wildman–Crippen MR) is 73.8 cm³/mol. The second kappa shape index (κ2) is 7.22. The lowest BCUT2D eigenvalue weighted by atomic mass is 10.0. The highest BCUT2D eigenvalue weighted by atomic mass is 32.2. The average molecular weight is 301 g/mol. The van der Waals surface area contributed by atoms with Crippen LogP contribution in [0.1, 0.15) is 18.6 Å². The molecule has 0 heterocycles. The van der Waals surface area contributed by atoms with Crippen LogP contribution in [0.3, 0.4) is 0 Å². The summed E-state index contributed by atoms with van der Waals surface area (Å²) in [6.07, 6.45) is -2.61. The standard InChI is InChI=1S/C12H15NO6S/c1-7(14)20-6-10(15)12(16)9-5-8(13(17)18)3-4-11(9)19-2/h3-5,10,12,15-16H,6H2,1-2H3. The zero-order valence-electron chi connectivity index (χ0n) is 11.0. The summed E-state index contributed by atoms with van der Waals surface area (Å²) in [5.41, 5.74) is -0.107. The number of carbonyl (C=O) groups excluding carboxylic acids is 1. The Morgan fingerprint density at radius 3 is 2.65 bits per heavy atom. The molecule has 7 nitrogen and oxygen atoms in total. The highest BCUT2D eigenvalue weighted by molar-refractivity contribution is 8.13. The van der Waals surface area contributed by atoms with Crippen LogP contribution in [0.25, 0.3) is 0 Å². The second-order valence-corrected chi connectivity index (χ2v) is 5.20. The van der Waals surface area contributed by atoms with E-state index in [1.807, 2.05) is 0 Å². The molecule has 0 fully saturated rings. The number of aliphatic hydroxyl groups is 2. The molecule has 0 aliphatic heterocycles. The van der Waals surface area contributed by atoms with Gasteiger partial charge in [0.2, 0.25) is 0 Å². The molecular formula is C12H15NO6S. The summed E-state index contributed by atoms with van der Waals surface area (Å²) < 4.78 is 5.01.